The largest absolute Gasteiger partial charge is 0.271 e. The van der Waals surface area contributed by atoms with Crippen LogP contribution in [-0.2, 0) is 14.8 Å². The molecule has 0 atom stereocenters. The summed E-state index contributed by atoms with van der Waals surface area (Å²) in [6.07, 6.45) is 4.39. The number of rotatable bonds is 7. The Hall–Kier alpha value is -3.04. The van der Waals surface area contributed by atoms with Crippen LogP contribution in [0.25, 0.3) is 0 Å². The molecule has 2 aromatic carbocycles. The number of hydrogen-bond donors (Lipinski definition) is 1. The molecule has 0 unspecified atom stereocenters. The number of carbonyl (C=O) groups is 1. The zero-order chi connectivity index (χ0) is 20.7. The van der Waals surface area contributed by atoms with Crippen molar-refractivity contribution in [3.8, 4) is 0 Å². The van der Waals surface area contributed by atoms with E-state index in [9.17, 15) is 13.2 Å². The average molecular weight is 473 g/mol. The third-order valence-electron chi connectivity index (χ3n) is 3.85. The molecular weight excluding hydrogens is 456 g/mol. The number of anilines is 1. The number of benzene rings is 2. The Morgan fingerprint density at radius 3 is 2.48 bits per heavy atom. The quantitative estimate of drug-likeness (QED) is 0.422. The van der Waals surface area contributed by atoms with Crippen LogP contribution in [0.2, 0.25) is 0 Å². The highest BCUT2D eigenvalue weighted by Crippen LogP contribution is 2.22. The zero-order valence-corrected chi connectivity index (χ0v) is 17.5. The van der Waals surface area contributed by atoms with Crippen molar-refractivity contribution < 1.29 is 13.2 Å². The summed E-state index contributed by atoms with van der Waals surface area (Å²) < 4.78 is 28.0. The van der Waals surface area contributed by atoms with Crippen molar-refractivity contribution in [1.82, 2.24) is 10.4 Å². The van der Waals surface area contributed by atoms with E-state index in [-0.39, 0.29) is 10.6 Å². The summed E-state index contributed by atoms with van der Waals surface area (Å²) in [4.78, 5) is 16.5. The smallest absolute Gasteiger partial charge is 0.264 e. The highest BCUT2D eigenvalue weighted by molar-refractivity contribution is 9.10. The lowest BCUT2D eigenvalue weighted by molar-refractivity contribution is -0.119. The molecule has 1 N–H and O–H groups in total. The van der Waals surface area contributed by atoms with Crippen molar-refractivity contribution in [2.24, 2.45) is 5.10 Å². The molecule has 1 aromatic heterocycles. The lowest BCUT2D eigenvalue weighted by atomic mass is 10.2. The molecule has 0 saturated heterocycles. The van der Waals surface area contributed by atoms with E-state index in [0.29, 0.717) is 0 Å². The van der Waals surface area contributed by atoms with E-state index in [4.69, 9.17) is 0 Å². The molecule has 0 radical (unpaired) electrons. The molecule has 1 amide bonds. The van der Waals surface area contributed by atoms with Crippen LogP contribution in [0.3, 0.4) is 0 Å². The molecule has 7 nitrogen and oxygen atoms in total. The highest BCUT2D eigenvalue weighted by atomic mass is 79.9. The number of nitrogens with one attached hydrogen (secondary N) is 1. The zero-order valence-electron chi connectivity index (χ0n) is 15.1. The summed E-state index contributed by atoms with van der Waals surface area (Å²) in [6.45, 7) is -0.448. The Morgan fingerprint density at radius 2 is 1.79 bits per heavy atom. The van der Waals surface area contributed by atoms with Gasteiger partial charge in [-0.15, -0.1) is 0 Å². The molecule has 0 bridgehead atoms. The molecular formula is C20H17BrN4O3S. The predicted molar refractivity (Wildman–Crippen MR) is 115 cm³/mol. The normalized spacial score (nSPS) is 11.3. The van der Waals surface area contributed by atoms with Crippen LogP contribution in [0, 0.1) is 0 Å². The molecule has 0 fully saturated rings. The monoisotopic (exact) mass is 472 g/mol. The topological polar surface area (TPSA) is 91.7 Å². The third kappa shape index (κ3) is 5.27. The summed E-state index contributed by atoms with van der Waals surface area (Å²) in [7, 11) is -3.96. The van der Waals surface area contributed by atoms with E-state index in [0.717, 1.165) is 14.3 Å². The Labute approximate surface area is 177 Å². The van der Waals surface area contributed by atoms with Crippen molar-refractivity contribution in [1.29, 1.82) is 0 Å². The van der Waals surface area contributed by atoms with Crippen LogP contribution in [0.1, 0.15) is 5.56 Å². The minimum atomic E-state index is -3.96. The lowest BCUT2D eigenvalue weighted by Crippen LogP contribution is -2.39. The number of carbonyl (C=O) groups excluding carboxylic acids is 1. The lowest BCUT2D eigenvalue weighted by Gasteiger charge is -2.23. The minimum absolute atomic E-state index is 0.0772. The second kappa shape index (κ2) is 9.44. The summed E-state index contributed by atoms with van der Waals surface area (Å²) in [5.41, 5.74) is 3.42. The number of amides is 1. The van der Waals surface area contributed by atoms with E-state index in [1.54, 1.807) is 30.3 Å². The van der Waals surface area contributed by atoms with Crippen molar-refractivity contribution in [3.05, 3.63) is 89.2 Å². The van der Waals surface area contributed by atoms with Crippen LogP contribution in [-0.4, -0.2) is 32.1 Å². The van der Waals surface area contributed by atoms with Crippen molar-refractivity contribution >= 4 is 43.8 Å². The maximum Gasteiger partial charge on any atom is 0.264 e. The van der Waals surface area contributed by atoms with Crippen LogP contribution in [0.4, 0.5) is 5.69 Å². The van der Waals surface area contributed by atoms with E-state index < -0.39 is 22.5 Å². The molecule has 148 valence electrons. The molecule has 0 saturated carbocycles. The summed E-state index contributed by atoms with van der Waals surface area (Å²) in [5.74, 6) is -0.586. The highest BCUT2D eigenvalue weighted by Gasteiger charge is 2.27. The Morgan fingerprint density at radius 1 is 1.07 bits per heavy atom. The van der Waals surface area contributed by atoms with Crippen LogP contribution >= 0.6 is 15.9 Å². The van der Waals surface area contributed by atoms with Gasteiger partial charge in [0.15, 0.2) is 0 Å². The fourth-order valence-corrected chi connectivity index (χ4v) is 4.27. The summed E-state index contributed by atoms with van der Waals surface area (Å²) in [5, 5.41) is 3.91. The molecule has 29 heavy (non-hydrogen) atoms. The van der Waals surface area contributed by atoms with Gasteiger partial charge in [0.1, 0.15) is 6.54 Å². The number of sulfonamides is 1. The number of hydrogen-bond acceptors (Lipinski definition) is 5. The first-order chi connectivity index (χ1) is 14.0. The standard InChI is InChI=1S/C20H17BrN4O3S/c21-19-11-5-4-7-16(19)13-23-24-20(26)15-25(17-8-6-12-22-14-17)29(27,28)18-9-2-1-3-10-18/h1-14H,15H2,(H,24,26)/b23-13-. The van der Waals surface area contributed by atoms with Gasteiger partial charge in [-0.05, 0) is 30.3 Å². The number of pyridine rings is 1. The van der Waals surface area contributed by atoms with Gasteiger partial charge >= 0.3 is 0 Å². The minimum Gasteiger partial charge on any atom is -0.271 e. The van der Waals surface area contributed by atoms with Gasteiger partial charge in [0.2, 0.25) is 0 Å². The van der Waals surface area contributed by atoms with Gasteiger partial charge in [-0.2, -0.15) is 5.10 Å². The number of nitrogens with zero attached hydrogens (tertiary/aromatic N) is 3. The second-order valence-electron chi connectivity index (χ2n) is 5.85. The van der Waals surface area contributed by atoms with Crippen LogP contribution < -0.4 is 9.73 Å². The van der Waals surface area contributed by atoms with Crippen molar-refractivity contribution in [2.75, 3.05) is 10.8 Å². The first-order valence-electron chi connectivity index (χ1n) is 8.53. The maximum absolute atomic E-state index is 13.1. The van der Waals surface area contributed by atoms with Crippen LogP contribution in [0.5, 0.6) is 0 Å². The average Bonchev–Trinajstić information content (AvgIpc) is 2.74. The summed E-state index contributed by atoms with van der Waals surface area (Å²) in [6, 6.07) is 18.5. The van der Waals surface area contributed by atoms with Gasteiger partial charge < -0.3 is 0 Å². The van der Waals surface area contributed by atoms with E-state index in [2.05, 4.69) is 31.4 Å². The van der Waals surface area contributed by atoms with E-state index in [1.807, 2.05) is 24.3 Å². The Bertz CT molecular complexity index is 1110. The molecule has 0 aliphatic rings. The fourth-order valence-electron chi connectivity index (χ4n) is 2.46. The molecule has 0 aliphatic heterocycles. The number of hydrazone groups is 1. The van der Waals surface area contributed by atoms with Gasteiger partial charge in [-0.25, -0.2) is 13.8 Å². The van der Waals surface area contributed by atoms with Gasteiger partial charge in [0.25, 0.3) is 15.9 Å². The fraction of sp³-hybridized carbons (Fsp3) is 0.0500. The van der Waals surface area contributed by atoms with Crippen LogP contribution in [0.15, 0.2) is 93.6 Å². The summed E-state index contributed by atoms with van der Waals surface area (Å²) >= 11 is 3.39. The van der Waals surface area contributed by atoms with Gasteiger partial charge in [-0.1, -0.05) is 52.3 Å². The first kappa shape index (κ1) is 20.7. The first-order valence-corrected chi connectivity index (χ1v) is 10.8. The Kier molecular flexibility index (Phi) is 6.73. The molecule has 3 aromatic rings. The molecule has 3 rings (SSSR count). The number of aromatic nitrogens is 1. The van der Waals surface area contributed by atoms with Crippen molar-refractivity contribution in [3.63, 3.8) is 0 Å². The van der Waals surface area contributed by atoms with Gasteiger partial charge in [0, 0.05) is 16.2 Å². The van der Waals surface area contributed by atoms with Gasteiger partial charge in [0.05, 0.1) is 23.0 Å². The molecule has 0 spiro atoms. The molecule has 9 heteroatoms. The van der Waals surface area contributed by atoms with Crippen molar-refractivity contribution in [2.45, 2.75) is 4.90 Å². The van der Waals surface area contributed by atoms with E-state index in [1.165, 1.54) is 30.7 Å². The SMILES string of the molecule is O=C(CN(c1cccnc1)S(=O)(=O)c1ccccc1)N/N=C\c1ccccc1Br. The molecule has 1 heterocycles. The number of halogens is 1. The third-order valence-corrected chi connectivity index (χ3v) is 6.36. The molecule has 0 aliphatic carbocycles. The van der Waals surface area contributed by atoms with Gasteiger partial charge in [-0.3, -0.25) is 14.1 Å². The predicted octanol–water partition coefficient (Wildman–Crippen LogP) is 3.19. The Balaban J connectivity index is 1.81. The second-order valence-corrected chi connectivity index (χ2v) is 8.57. The maximum atomic E-state index is 13.1. The van der Waals surface area contributed by atoms with E-state index >= 15 is 0 Å².